The molecule has 0 saturated carbocycles. The highest BCUT2D eigenvalue weighted by Gasteiger charge is 2.22. The highest BCUT2D eigenvalue weighted by atomic mass is 32.1. The maximum absolute atomic E-state index is 12.9. The minimum atomic E-state index is -0.610. The van der Waals surface area contributed by atoms with E-state index < -0.39 is 5.60 Å². The molecule has 0 aromatic carbocycles. The maximum Gasteiger partial charge on any atom is 0.243 e. The van der Waals surface area contributed by atoms with E-state index in [1.807, 2.05) is 20.0 Å². The summed E-state index contributed by atoms with van der Waals surface area (Å²) in [6, 6.07) is 0.231. The molecule has 0 bridgehead atoms. The zero-order chi connectivity index (χ0) is 21.9. The second-order valence-corrected chi connectivity index (χ2v) is 10.0. The Morgan fingerprint density at radius 2 is 1.76 bits per heavy atom. The van der Waals surface area contributed by atoms with Gasteiger partial charge in [0.05, 0.1) is 11.6 Å². The van der Waals surface area contributed by atoms with E-state index in [2.05, 4.69) is 43.3 Å². The molecule has 1 aromatic rings. The molecular formula is C23H43N3O2S. The van der Waals surface area contributed by atoms with Crippen molar-refractivity contribution in [1.29, 1.82) is 0 Å². The number of carbonyl (C=O) groups is 1. The molecule has 1 rings (SSSR count). The van der Waals surface area contributed by atoms with Crippen LogP contribution in [0.4, 0.5) is 5.13 Å². The molecule has 6 heteroatoms. The first-order valence-electron chi connectivity index (χ1n) is 11.4. The SMILES string of the molecule is CCCC(CCC)N[C@@H](CCC)C(=O)Nc1ncc(C(C)CCCC(C)(C)O)s1. The van der Waals surface area contributed by atoms with Gasteiger partial charge >= 0.3 is 0 Å². The molecule has 0 aliphatic carbocycles. The largest absolute Gasteiger partial charge is 0.390 e. The van der Waals surface area contributed by atoms with Gasteiger partial charge < -0.3 is 15.7 Å². The van der Waals surface area contributed by atoms with Crippen molar-refractivity contribution in [2.75, 3.05) is 5.32 Å². The summed E-state index contributed by atoms with van der Waals surface area (Å²) in [4.78, 5) is 18.5. The lowest BCUT2D eigenvalue weighted by Gasteiger charge is -2.24. The summed E-state index contributed by atoms with van der Waals surface area (Å²) in [7, 11) is 0. The van der Waals surface area contributed by atoms with Crippen LogP contribution < -0.4 is 10.6 Å². The van der Waals surface area contributed by atoms with Crippen LogP contribution >= 0.6 is 11.3 Å². The van der Waals surface area contributed by atoms with Gasteiger partial charge in [0, 0.05) is 17.1 Å². The summed E-state index contributed by atoms with van der Waals surface area (Å²) < 4.78 is 0. The molecule has 1 heterocycles. The lowest BCUT2D eigenvalue weighted by molar-refractivity contribution is -0.118. The minimum absolute atomic E-state index is 0.0274. The fraction of sp³-hybridized carbons (Fsp3) is 0.826. The molecule has 168 valence electrons. The molecule has 2 atom stereocenters. The van der Waals surface area contributed by atoms with Gasteiger partial charge in [0.2, 0.25) is 5.91 Å². The van der Waals surface area contributed by atoms with Crippen molar-refractivity contribution in [3.8, 4) is 0 Å². The van der Waals surface area contributed by atoms with Crippen LogP contribution in [0.2, 0.25) is 0 Å². The molecule has 3 N–H and O–H groups in total. The molecule has 5 nitrogen and oxygen atoms in total. The number of thiazole rings is 1. The Morgan fingerprint density at radius 1 is 1.14 bits per heavy atom. The predicted octanol–water partition coefficient (Wildman–Crippen LogP) is 5.85. The second-order valence-electron chi connectivity index (χ2n) is 8.94. The average Bonchev–Trinajstić information content (AvgIpc) is 3.09. The van der Waals surface area contributed by atoms with Crippen LogP contribution in [0.25, 0.3) is 0 Å². The standard InChI is InChI=1S/C23H43N3O2S/c1-7-11-18(12-8-2)25-19(13-9-3)21(27)26-22-24-16-20(29-22)17(4)14-10-15-23(5,6)28/h16-19,25,28H,7-15H2,1-6H3,(H,24,26,27)/t17?,19-/m0/s1. The number of aliphatic hydroxyl groups is 1. The first-order chi connectivity index (χ1) is 13.7. The number of anilines is 1. The number of hydrogen-bond acceptors (Lipinski definition) is 5. The fourth-order valence-electron chi connectivity index (χ4n) is 3.62. The van der Waals surface area contributed by atoms with E-state index in [0.717, 1.165) is 57.8 Å². The van der Waals surface area contributed by atoms with E-state index in [1.54, 1.807) is 11.3 Å². The van der Waals surface area contributed by atoms with Crippen molar-refractivity contribution in [1.82, 2.24) is 10.3 Å². The maximum atomic E-state index is 12.9. The molecule has 29 heavy (non-hydrogen) atoms. The van der Waals surface area contributed by atoms with Gasteiger partial charge in [0.1, 0.15) is 0 Å². The lowest BCUT2D eigenvalue weighted by Crippen LogP contribution is -2.45. The van der Waals surface area contributed by atoms with Gasteiger partial charge in [-0.1, -0.05) is 47.0 Å². The van der Waals surface area contributed by atoms with Crippen LogP contribution in [-0.2, 0) is 4.79 Å². The molecule has 1 unspecified atom stereocenters. The third-order valence-corrected chi connectivity index (χ3v) is 6.41. The van der Waals surface area contributed by atoms with Crippen molar-refractivity contribution < 1.29 is 9.90 Å². The van der Waals surface area contributed by atoms with E-state index in [9.17, 15) is 9.90 Å². The third-order valence-electron chi connectivity index (χ3n) is 5.27. The molecule has 0 radical (unpaired) electrons. The van der Waals surface area contributed by atoms with E-state index in [1.165, 1.54) is 4.88 Å². The number of carbonyl (C=O) groups excluding carboxylic acids is 1. The molecule has 0 aliphatic heterocycles. The van der Waals surface area contributed by atoms with Crippen LogP contribution in [-0.4, -0.2) is 33.7 Å². The van der Waals surface area contributed by atoms with Gasteiger partial charge in [0.25, 0.3) is 0 Å². The summed E-state index contributed by atoms with van der Waals surface area (Å²) in [6.07, 6.45) is 10.9. The van der Waals surface area contributed by atoms with Crippen LogP contribution in [0.3, 0.4) is 0 Å². The van der Waals surface area contributed by atoms with E-state index in [-0.39, 0.29) is 11.9 Å². The third kappa shape index (κ3) is 10.6. The van der Waals surface area contributed by atoms with Gasteiger partial charge in [-0.2, -0.15) is 0 Å². The molecule has 0 aliphatic rings. The Hall–Kier alpha value is -0.980. The summed E-state index contributed by atoms with van der Waals surface area (Å²) in [5.41, 5.74) is -0.610. The van der Waals surface area contributed by atoms with Crippen molar-refractivity contribution >= 4 is 22.4 Å². The van der Waals surface area contributed by atoms with Gasteiger partial charge in [-0.05, 0) is 58.3 Å². The number of hydrogen-bond donors (Lipinski definition) is 3. The Kier molecular flexibility index (Phi) is 12.0. The Balaban J connectivity index is 2.64. The first kappa shape index (κ1) is 26.1. The van der Waals surface area contributed by atoms with Gasteiger partial charge in [0.15, 0.2) is 5.13 Å². The Labute approximate surface area is 182 Å². The second kappa shape index (κ2) is 13.3. The normalized spacial score (nSPS) is 14.2. The zero-order valence-electron chi connectivity index (χ0n) is 19.4. The summed E-state index contributed by atoms with van der Waals surface area (Å²) in [5.74, 6) is 0.406. The van der Waals surface area contributed by atoms with Crippen molar-refractivity contribution in [2.45, 2.75) is 123 Å². The van der Waals surface area contributed by atoms with Gasteiger partial charge in [-0.15, -0.1) is 11.3 Å². The van der Waals surface area contributed by atoms with Crippen molar-refractivity contribution in [3.63, 3.8) is 0 Å². The topological polar surface area (TPSA) is 74.2 Å². The van der Waals surface area contributed by atoms with Crippen LogP contribution in [0.5, 0.6) is 0 Å². The van der Waals surface area contributed by atoms with Gasteiger partial charge in [-0.25, -0.2) is 4.98 Å². The fourth-order valence-corrected chi connectivity index (χ4v) is 4.52. The van der Waals surface area contributed by atoms with Crippen LogP contribution in [0.1, 0.15) is 110 Å². The minimum Gasteiger partial charge on any atom is -0.390 e. The quantitative estimate of drug-likeness (QED) is 0.329. The lowest BCUT2D eigenvalue weighted by atomic mass is 9.96. The smallest absolute Gasteiger partial charge is 0.243 e. The Bertz CT molecular complexity index is 577. The van der Waals surface area contributed by atoms with Crippen molar-refractivity contribution in [3.05, 3.63) is 11.1 Å². The number of amides is 1. The van der Waals surface area contributed by atoms with Crippen molar-refractivity contribution in [2.24, 2.45) is 0 Å². The average molecular weight is 426 g/mol. The number of nitrogens with one attached hydrogen (secondary N) is 2. The summed E-state index contributed by atoms with van der Waals surface area (Å²) in [6.45, 7) is 12.4. The molecule has 0 fully saturated rings. The molecule has 0 spiro atoms. The molecule has 1 aromatic heterocycles. The van der Waals surface area contributed by atoms with Crippen LogP contribution in [0.15, 0.2) is 6.20 Å². The van der Waals surface area contributed by atoms with E-state index in [4.69, 9.17) is 0 Å². The summed E-state index contributed by atoms with van der Waals surface area (Å²) >= 11 is 1.57. The number of aromatic nitrogens is 1. The van der Waals surface area contributed by atoms with Gasteiger partial charge in [-0.3, -0.25) is 4.79 Å². The highest BCUT2D eigenvalue weighted by Crippen LogP contribution is 2.30. The zero-order valence-corrected chi connectivity index (χ0v) is 20.2. The number of rotatable bonds is 15. The predicted molar refractivity (Wildman–Crippen MR) is 125 cm³/mol. The Morgan fingerprint density at radius 3 is 2.31 bits per heavy atom. The summed E-state index contributed by atoms with van der Waals surface area (Å²) in [5, 5.41) is 17.2. The highest BCUT2D eigenvalue weighted by molar-refractivity contribution is 7.15. The van der Waals surface area contributed by atoms with Crippen LogP contribution in [0, 0.1) is 0 Å². The molecule has 0 saturated heterocycles. The molecule has 1 amide bonds. The first-order valence-corrected chi connectivity index (χ1v) is 12.3. The monoisotopic (exact) mass is 425 g/mol. The van der Waals surface area contributed by atoms with E-state index in [0.29, 0.717) is 17.1 Å². The number of nitrogens with zero attached hydrogens (tertiary/aromatic N) is 1. The van der Waals surface area contributed by atoms with E-state index >= 15 is 0 Å². The molecular weight excluding hydrogens is 382 g/mol.